The van der Waals surface area contributed by atoms with Crippen molar-refractivity contribution in [2.45, 2.75) is 25.7 Å². The van der Waals surface area contributed by atoms with Crippen molar-refractivity contribution < 1.29 is 9.47 Å². The normalized spacial score (nSPS) is 30.9. The summed E-state index contributed by atoms with van der Waals surface area (Å²) in [5.74, 6) is 0.930. The lowest BCUT2D eigenvalue weighted by Gasteiger charge is -2.21. The van der Waals surface area contributed by atoms with Crippen molar-refractivity contribution in [2.75, 3.05) is 13.0 Å². The van der Waals surface area contributed by atoms with E-state index in [0.29, 0.717) is 11.8 Å². The van der Waals surface area contributed by atoms with E-state index in [4.69, 9.17) is 21.1 Å². The third kappa shape index (κ3) is 2.47. The molecule has 1 aliphatic rings. The maximum atomic E-state index is 5.62. The molecule has 70 valence electrons. The van der Waals surface area contributed by atoms with Crippen LogP contribution in [0, 0.1) is 5.92 Å². The van der Waals surface area contributed by atoms with Gasteiger partial charge in [-0.05, 0) is 12.3 Å². The van der Waals surface area contributed by atoms with Crippen LogP contribution in [0.2, 0.25) is 0 Å². The highest BCUT2D eigenvalue weighted by Crippen LogP contribution is 2.22. The molecule has 12 heavy (non-hydrogen) atoms. The molecule has 0 aromatic heterocycles. The summed E-state index contributed by atoms with van der Waals surface area (Å²) >= 11 is 5.62. The molecule has 0 saturated carbocycles. The summed E-state index contributed by atoms with van der Waals surface area (Å²) in [4.78, 5) is 0. The molecule has 0 fully saturated rings. The number of halogens is 1. The Hall–Kier alpha value is -0.0500. The van der Waals surface area contributed by atoms with E-state index >= 15 is 0 Å². The van der Waals surface area contributed by atoms with Gasteiger partial charge in [0, 0.05) is 7.11 Å². The zero-order valence-corrected chi connectivity index (χ0v) is 8.25. The summed E-state index contributed by atoms with van der Waals surface area (Å²) in [6, 6.07) is 0. The lowest BCUT2D eigenvalue weighted by atomic mass is 10.1. The van der Waals surface area contributed by atoms with Crippen LogP contribution < -0.4 is 0 Å². The molecule has 0 saturated heterocycles. The van der Waals surface area contributed by atoms with E-state index in [-0.39, 0.29) is 12.4 Å². The van der Waals surface area contributed by atoms with Gasteiger partial charge >= 0.3 is 0 Å². The zero-order valence-electron chi connectivity index (χ0n) is 7.50. The van der Waals surface area contributed by atoms with Crippen molar-refractivity contribution in [1.82, 2.24) is 0 Å². The second-order valence-corrected chi connectivity index (χ2v) is 3.37. The van der Waals surface area contributed by atoms with Gasteiger partial charge in [0.05, 0.1) is 12.0 Å². The Balaban J connectivity index is 2.33. The van der Waals surface area contributed by atoms with Gasteiger partial charge in [0.15, 0.2) is 6.29 Å². The van der Waals surface area contributed by atoms with Gasteiger partial charge in [-0.1, -0.05) is 19.1 Å². The summed E-state index contributed by atoms with van der Waals surface area (Å²) in [6.45, 7) is 2.16. The first kappa shape index (κ1) is 10.0. The van der Waals surface area contributed by atoms with E-state index in [1.807, 2.05) is 0 Å². The van der Waals surface area contributed by atoms with Gasteiger partial charge in [0.2, 0.25) is 0 Å². The van der Waals surface area contributed by atoms with Gasteiger partial charge in [-0.15, -0.1) is 11.6 Å². The minimum Gasteiger partial charge on any atom is -0.355 e. The molecule has 3 heteroatoms. The summed E-state index contributed by atoms with van der Waals surface area (Å²) in [5.41, 5.74) is 0. The third-order valence-corrected chi connectivity index (χ3v) is 2.34. The summed E-state index contributed by atoms with van der Waals surface area (Å²) in [6.07, 6.45) is 5.19. The smallest absolute Gasteiger partial charge is 0.171 e. The fraction of sp³-hybridized carbons (Fsp3) is 0.778. The average molecular weight is 191 g/mol. The predicted octanol–water partition coefficient (Wildman–Crippen LogP) is 2.18. The van der Waals surface area contributed by atoms with E-state index < -0.39 is 0 Å². The molecule has 0 bridgehead atoms. The number of hydrogen-bond acceptors (Lipinski definition) is 2. The fourth-order valence-corrected chi connectivity index (χ4v) is 1.46. The van der Waals surface area contributed by atoms with Crippen molar-refractivity contribution in [3.63, 3.8) is 0 Å². The van der Waals surface area contributed by atoms with Crippen molar-refractivity contribution >= 4 is 11.6 Å². The lowest BCUT2D eigenvalue weighted by molar-refractivity contribution is -0.137. The summed E-state index contributed by atoms with van der Waals surface area (Å²) in [7, 11) is 1.61. The molecule has 0 aliphatic heterocycles. The molecule has 0 spiro atoms. The highest BCUT2D eigenvalue weighted by Gasteiger charge is 2.22. The van der Waals surface area contributed by atoms with Crippen LogP contribution in [0.4, 0.5) is 0 Å². The summed E-state index contributed by atoms with van der Waals surface area (Å²) in [5, 5.41) is 0. The lowest BCUT2D eigenvalue weighted by Crippen LogP contribution is -2.26. The van der Waals surface area contributed by atoms with E-state index in [9.17, 15) is 0 Å². The summed E-state index contributed by atoms with van der Waals surface area (Å²) < 4.78 is 10.6. The minimum atomic E-state index is -0.276. The molecule has 0 amide bonds. The first-order valence-electron chi connectivity index (χ1n) is 4.18. The second-order valence-electron chi connectivity index (χ2n) is 3.06. The monoisotopic (exact) mass is 190 g/mol. The molecular formula is C9H15ClO2. The maximum Gasteiger partial charge on any atom is 0.171 e. The van der Waals surface area contributed by atoms with E-state index in [1.165, 1.54) is 0 Å². The molecule has 0 aromatic rings. The number of alkyl halides is 1. The van der Waals surface area contributed by atoms with Gasteiger partial charge in [-0.25, -0.2) is 0 Å². The standard InChI is InChI=1S/C9H15ClO2/c1-7-4-3-5-8(7)12-9(6-10)11-2/h3,5,7-9H,4,6H2,1-2H3. The van der Waals surface area contributed by atoms with Gasteiger partial charge in [0.25, 0.3) is 0 Å². The minimum absolute atomic E-state index is 0.175. The molecule has 0 heterocycles. The Morgan fingerprint density at radius 2 is 2.42 bits per heavy atom. The van der Waals surface area contributed by atoms with Crippen LogP contribution in [-0.4, -0.2) is 25.4 Å². The predicted molar refractivity (Wildman–Crippen MR) is 49.3 cm³/mol. The first-order chi connectivity index (χ1) is 5.77. The van der Waals surface area contributed by atoms with Crippen LogP contribution in [0.25, 0.3) is 0 Å². The number of methoxy groups -OCH3 is 1. The number of hydrogen-bond donors (Lipinski definition) is 0. The molecule has 3 atom stereocenters. The van der Waals surface area contributed by atoms with Gasteiger partial charge in [-0.3, -0.25) is 0 Å². The van der Waals surface area contributed by atoms with Crippen LogP contribution in [0.1, 0.15) is 13.3 Å². The van der Waals surface area contributed by atoms with Crippen molar-refractivity contribution in [1.29, 1.82) is 0 Å². The highest BCUT2D eigenvalue weighted by atomic mass is 35.5. The second kappa shape index (κ2) is 4.85. The van der Waals surface area contributed by atoms with Gasteiger partial charge in [0.1, 0.15) is 0 Å². The molecule has 0 radical (unpaired) electrons. The van der Waals surface area contributed by atoms with Gasteiger partial charge in [-0.2, -0.15) is 0 Å². The van der Waals surface area contributed by atoms with Crippen molar-refractivity contribution in [3.8, 4) is 0 Å². The van der Waals surface area contributed by atoms with Gasteiger partial charge < -0.3 is 9.47 Å². The maximum absolute atomic E-state index is 5.62. The number of ether oxygens (including phenoxy) is 2. The average Bonchev–Trinajstić information content (AvgIpc) is 2.47. The van der Waals surface area contributed by atoms with Crippen LogP contribution >= 0.6 is 11.6 Å². The Bertz CT molecular complexity index is 155. The molecular weight excluding hydrogens is 176 g/mol. The van der Waals surface area contributed by atoms with Crippen molar-refractivity contribution in [3.05, 3.63) is 12.2 Å². The number of rotatable bonds is 4. The largest absolute Gasteiger partial charge is 0.355 e. The molecule has 1 aliphatic carbocycles. The van der Waals surface area contributed by atoms with E-state index in [0.717, 1.165) is 6.42 Å². The van der Waals surface area contributed by atoms with E-state index in [1.54, 1.807) is 7.11 Å². The quantitative estimate of drug-likeness (QED) is 0.384. The number of allylic oxidation sites excluding steroid dienone is 1. The molecule has 2 nitrogen and oxygen atoms in total. The Morgan fingerprint density at radius 1 is 1.67 bits per heavy atom. The van der Waals surface area contributed by atoms with E-state index in [2.05, 4.69) is 19.1 Å². The topological polar surface area (TPSA) is 18.5 Å². The molecule has 0 aromatic carbocycles. The van der Waals surface area contributed by atoms with Crippen LogP contribution in [0.15, 0.2) is 12.2 Å². The third-order valence-electron chi connectivity index (χ3n) is 2.09. The Morgan fingerprint density at radius 3 is 2.83 bits per heavy atom. The SMILES string of the molecule is COC(CCl)OC1C=CCC1C. The molecule has 1 rings (SSSR count). The first-order valence-corrected chi connectivity index (χ1v) is 4.72. The zero-order chi connectivity index (χ0) is 8.97. The Labute approximate surface area is 78.5 Å². The van der Waals surface area contributed by atoms with Crippen molar-refractivity contribution in [2.24, 2.45) is 5.92 Å². The molecule has 0 N–H and O–H groups in total. The Kier molecular flexibility index (Phi) is 4.06. The fourth-order valence-electron chi connectivity index (χ4n) is 1.26. The van der Waals surface area contributed by atoms with Crippen LogP contribution in [0.3, 0.4) is 0 Å². The molecule has 3 unspecified atom stereocenters. The van der Waals surface area contributed by atoms with Crippen LogP contribution in [0.5, 0.6) is 0 Å². The van der Waals surface area contributed by atoms with Crippen LogP contribution in [-0.2, 0) is 9.47 Å². The highest BCUT2D eigenvalue weighted by molar-refractivity contribution is 6.18.